The van der Waals surface area contributed by atoms with Crippen molar-refractivity contribution in [1.82, 2.24) is 9.88 Å². The van der Waals surface area contributed by atoms with Crippen molar-refractivity contribution in [2.75, 3.05) is 13.1 Å². The molecule has 1 aromatic carbocycles. The van der Waals surface area contributed by atoms with E-state index in [0.717, 1.165) is 42.6 Å². The Balaban J connectivity index is 1.70. The van der Waals surface area contributed by atoms with Crippen LogP contribution in [0.2, 0.25) is 0 Å². The van der Waals surface area contributed by atoms with Crippen LogP contribution >= 0.6 is 0 Å². The van der Waals surface area contributed by atoms with Crippen molar-refractivity contribution in [3.05, 3.63) is 30.2 Å². The lowest BCUT2D eigenvalue weighted by atomic mass is 10.1. The predicted octanol–water partition coefficient (Wildman–Crippen LogP) is 1.32. The van der Waals surface area contributed by atoms with Gasteiger partial charge in [-0.2, -0.15) is 0 Å². The van der Waals surface area contributed by atoms with Gasteiger partial charge in [-0.3, -0.25) is 4.79 Å². The molecule has 0 aliphatic carbocycles. The topological polar surface area (TPSA) is 72.4 Å². The lowest BCUT2D eigenvalue weighted by molar-refractivity contribution is -0.131. The molecule has 19 heavy (non-hydrogen) atoms. The maximum absolute atomic E-state index is 12.1. The molecule has 1 saturated heterocycles. The number of benzene rings is 1. The third-order valence-electron chi connectivity index (χ3n) is 3.59. The van der Waals surface area contributed by atoms with E-state index in [4.69, 9.17) is 10.2 Å². The summed E-state index contributed by atoms with van der Waals surface area (Å²) in [5.74, 6) is 0.0511. The molecule has 5 nitrogen and oxygen atoms in total. The van der Waals surface area contributed by atoms with E-state index in [2.05, 4.69) is 4.98 Å². The number of rotatable bonds is 3. The summed E-state index contributed by atoms with van der Waals surface area (Å²) in [5.41, 5.74) is 8.57. The molecule has 0 bridgehead atoms. The van der Waals surface area contributed by atoms with Gasteiger partial charge in [0.25, 0.3) is 0 Å². The molecule has 1 aromatic heterocycles. The highest BCUT2D eigenvalue weighted by Crippen LogP contribution is 2.16. The highest BCUT2D eigenvalue weighted by Gasteiger charge is 2.23. The molecule has 0 saturated carbocycles. The van der Waals surface area contributed by atoms with Crippen molar-refractivity contribution in [3.63, 3.8) is 0 Å². The third kappa shape index (κ3) is 2.46. The van der Waals surface area contributed by atoms with E-state index in [-0.39, 0.29) is 5.91 Å². The second-order valence-electron chi connectivity index (χ2n) is 5.00. The first-order valence-electron chi connectivity index (χ1n) is 6.60. The van der Waals surface area contributed by atoms with E-state index >= 15 is 0 Å². The van der Waals surface area contributed by atoms with Crippen LogP contribution in [0.3, 0.4) is 0 Å². The summed E-state index contributed by atoms with van der Waals surface area (Å²) >= 11 is 0. The van der Waals surface area contributed by atoms with Gasteiger partial charge in [-0.1, -0.05) is 6.07 Å². The Labute approximate surface area is 111 Å². The first-order chi connectivity index (χ1) is 9.24. The lowest BCUT2D eigenvalue weighted by Crippen LogP contribution is -2.43. The van der Waals surface area contributed by atoms with Gasteiger partial charge in [-0.05, 0) is 37.0 Å². The van der Waals surface area contributed by atoms with E-state index in [1.165, 1.54) is 6.39 Å². The second kappa shape index (κ2) is 5.01. The number of carbonyl (C=O) groups is 1. The van der Waals surface area contributed by atoms with Crippen LogP contribution in [0.15, 0.2) is 29.0 Å². The number of oxazole rings is 1. The van der Waals surface area contributed by atoms with Crippen molar-refractivity contribution in [3.8, 4) is 0 Å². The summed E-state index contributed by atoms with van der Waals surface area (Å²) in [6, 6.07) is 5.27. The normalized spacial score (nSPS) is 17.0. The van der Waals surface area contributed by atoms with Gasteiger partial charge in [0.1, 0.15) is 5.52 Å². The Kier molecular flexibility index (Phi) is 3.21. The summed E-state index contributed by atoms with van der Waals surface area (Å²) in [6.07, 6.45) is 4.13. The fraction of sp³-hybridized carbons (Fsp3) is 0.429. The van der Waals surface area contributed by atoms with Gasteiger partial charge in [-0.15, -0.1) is 0 Å². The smallest absolute Gasteiger partial charge is 0.239 e. The molecular weight excluding hydrogens is 242 g/mol. The zero-order valence-corrected chi connectivity index (χ0v) is 10.7. The second-order valence-corrected chi connectivity index (χ2v) is 5.00. The van der Waals surface area contributed by atoms with Gasteiger partial charge in [0.15, 0.2) is 12.0 Å². The van der Waals surface area contributed by atoms with Crippen LogP contribution in [-0.4, -0.2) is 34.9 Å². The molecule has 0 radical (unpaired) electrons. The van der Waals surface area contributed by atoms with Gasteiger partial charge in [0.05, 0.1) is 6.04 Å². The standard InChI is InChI=1S/C14H17N3O2/c15-11(14(18)17-5-1-2-6-17)7-10-3-4-12-13(8-10)19-9-16-12/h3-4,8-9,11H,1-2,5-7,15H2. The predicted molar refractivity (Wildman–Crippen MR) is 71.5 cm³/mol. The maximum Gasteiger partial charge on any atom is 0.239 e. The molecule has 1 amide bonds. The first kappa shape index (κ1) is 12.2. The molecule has 1 fully saturated rings. The molecular formula is C14H17N3O2. The molecule has 2 N–H and O–H groups in total. The Hall–Kier alpha value is -1.88. The van der Waals surface area contributed by atoms with Crippen LogP contribution in [0.1, 0.15) is 18.4 Å². The largest absolute Gasteiger partial charge is 0.443 e. The number of aromatic nitrogens is 1. The minimum absolute atomic E-state index is 0.0511. The number of hydrogen-bond donors (Lipinski definition) is 1. The zero-order valence-electron chi connectivity index (χ0n) is 10.7. The average Bonchev–Trinajstić information content (AvgIpc) is 3.08. The molecule has 2 heterocycles. The highest BCUT2D eigenvalue weighted by atomic mass is 16.3. The summed E-state index contributed by atoms with van der Waals surface area (Å²) in [6.45, 7) is 1.68. The average molecular weight is 259 g/mol. The van der Waals surface area contributed by atoms with E-state index in [9.17, 15) is 4.79 Å². The van der Waals surface area contributed by atoms with E-state index < -0.39 is 6.04 Å². The summed E-state index contributed by atoms with van der Waals surface area (Å²) < 4.78 is 5.25. The molecule has 100 valence electrons. The lowest BCUT2D eigenvalue weighted by Gasteiger charge is -2.20. The van der Waals surface area contributed by atoms with Crippen molar-refractivity contribution in [1.29, 1.82) is 0 Å². The third-order valence-corrected chi connectivity index (χ3v) is 3.59. The minimum atomic E-state index is -0.474. The minimum Gasteiger partial charge on any atom is -0.443 e. The summed E-state index contributed by atoms with van der Waals surface area (Å²) in [4.78, 5) is 18.1. The molecule has 1 aliphatic rings. The number of nitrogens with zero attached hydrogens (tertiary/aromatic N) is 2. The maximum atomic E-state index is 12.1. The van der Waals surface area contributed by atoms with Crippen LogP contribution in [0.5, 0.6) is 0 Å². The van der Waals surface area contributed by atoms with E-state index in [1.807, 2.05) is 23.1 Å². The van der Waals surface area contributed by atoms with Crippen LogP contribution in [0.25, 0.3) is 11.1 Å². The van der Waals surface area contributed by atoms with Gasteiger partial charge in [0, 0.05) is 13.1 Å². The fourth-order valence-electron chi connectivity index (χ4n) is 2.54. The van der Waals surface area contributed by atoms with Crippen molar-refractivity contribution in [2.45, 2.75) is 25.3 Å². The Morgan fingerprint density at radius 1 is 1.42 bits per heavy atom. The molecule has 1 unspecified atom stereocenters. The van der Waals surface area contributed by atoms with Crippen LogP contribution in [0.4, 0.5) is 0 Å². The molecule has 1 aliphatic heterocycles. The quantitative estimate of drug-likeness (QED) is 0.902. The van der Waals surface area contributed by atoms with Crippen molar-refractivity contribution in [2.24, 2.45) is 5.73 Å². The van der Waals surface area contributed by atoms with Crippen LogP contribution in [0, 0.1) is 0 Å². The van der Waals surface area contributed by atoms with Crippen molar-refractivity contribution >= 4 is 17.0 Å². The number of fused-ring (bicyclic) bond motifs is 1. The van der Waals surface area contributed by atoms with E-state index in [1.54, 1.807) is 0 Å². The van der Waals surface area contributed by atoms with Gasteiger partial charge in [-0.25, -0.2) is 4.98 Å². The molecule has 5 heteroatoms. The monoisotopic (exact) mass is 259 g/mol. The van der Waals surface area contributed by atoms with Gasteiger partial charge in [0.2, 0.25) is 5.91 Å². The first-order valence-corrected chi connectivity index (χ1v) is 6.60. The van der Waals surface area contributed by atoms with Crippen LogP contribution in [-0.2, 0) is 11.2 Å². The number of hydrogen-bond acceptors (Lipinski definition) is 4. The number of likely N-dealkylation sites (tertiary alicyclic amines) is 1. The number of carbonyl (C=O) groups excluding carboxylic acids is 1. The Morgan fingerprint density at radius 2 is 2.21 bits per heavy atom. The summed E-state index contributed by atoms with van der Waals surface area (Å²) in [7, 11) is 0. The Morgan fingerprint density at radius 3 is 3.00 bits per heavy atom. The zero-order chi connectivity index (χ0) is 13.2. The molecule has 0 spiro atoms. The Bertz CT molecular complexity index is 587. The number of nitrogens with two attached hydrogens (primary N) is 1. The van der Waals surface area contributed by atoms with Gasteiger partial charge < -0.3 is 15.1 Å². The number of amides is 1. The van der Waals surface area contributed by atoms with Crippen LogP contribution < -0.4 is 5.73 Å². The van der Waals surface area contributed by atoms with E-state index in [0.29, 0.717) is 6.42 Å². The summed E-state index contributed by atoms with van der Waals surface area (Å²) in [5, 5.41) is 0. The highest BCUT2D eigenvalue weighted by molar-refractivity contribution is 5.82. The molecule has 3 rings (SSSR count). The SMILES string of the molecule is NC(Cc1ccc2ncoc2c1)C(=O)N1CCCC1. The van der Waals surface area contributed by atoms with Gasteiger partial charge >= 0.3 is 0 Å². The molecule has 1 atom stereocenters. The molecule has 2 aromatic rings. The van der Waals surface area contributed by atoms with Crippen molar-refractivity contribution < 1.29 is 9.21 Å². The fourth-order valence-corrected chi connectivity index (χ4v) is 2.54.